The van der Waals surface area contributed by atoms with Crippen molar-refractivity contribution in [3.05, 3.63) is 81.0 Å². The molecule has 0 saturated carbocycles. The molecule has 0 atom stereocenters. The Kier molecular flexibility index (Phi) is 3.06. The van der Waals surface area contributed by atoms with Crippen molar-refractivity contribution in [2.24, 2.45) is 0 Å². The SMILES string of the molecule is O=C1c2ccccc2/C(=C/c2ccc(O)c(O)c2)c2sccc21. The van der Waals surface area contributed by atoms with Gasteiger partial charge in [-0.2, -0.15) is 0 Å². The van der Waals surface area contributed by atoms with E-state index in [-0.39, 0.29) is 17.3 Å². The highest BCUT2D eigenvalue weighted by Crippen LogP contribution is 2.40. The molecule has 0 radical (unpaired) electrons. The van der Waals surface area contributed by atoms with Crippen LogP contribution in [0.3, 0.4) is 0 Å². The second kappa shape index (κ2) is 5.11. The van der Waals surface area contributed by atoms with E-state index in [4.69, 9.17) is 0 Å². The zero-order chi connectivity index (χ0) is 16.0. The van der Waals surface area contributed by atoms with Gasteiger partial charge in [-0.3, -0.25) is 4.79 Å². The van der Waals surface area contributed by atoms with E-state index < -0.39 is 0 Å². The Labute approximate surface area is 136 Å². The molecule has 1 aliphatic rings. The van der Waals surface area contributed by atoms with E-state index in [2.05, 4.69) is 0 Å². The minimum absolute atomic E-state index is 0.0440. The van der Waals surface area contributed by atoms with Crippen molar-refractivity contribution >= 4 is 28.8 Å². The molecule has 0 aliphatic heterocycles. The molecule has 4 rings (SSSR count). The van der Waals surface area contributed by atoms with Gasteiger partial charge in [0.25, 0.3) is 0 Å². The number of carbonyl (C=O) groups is 1. The van der Waals surface area contributed by atoms with Gasteiger partial charge in [0.1, 0.15) is 0 Å². The Morgan fingerprint density at radius 2 is 1.65 bits per heavy atom. The summed E-state index contributed by atoms with van der Waals surface area (Å²) in [5.41, 5.74) is 4.00. The van der Waals surface area contributed by atoms with E-state index in [1.165, 1.54) is 23.5 Å². The summed E-state index contributed by atoms with van der Waals surface area (Å²) in [4.78, 5) is 13.5. The first-order valence-corrected chi connectivity index (χ1v) is 7.99. The number of phenolic OH excluding ortho intramolecular Hbond substituents is 2. The van der Waals surface area contributed by atoms with Crippen LogP contribution >= 0.6 is 11.3 Å². The maximum atomic E-state index is 12.6. The number of fused-ring (bicyclic) bond motifs is 2. The van der Waals surface area contributed by atoms with Crippen molar-refractivity contribution in [3.63, 3.8) is 0 Å². The van der Waals surface area contributed by atoms with E-state index in [1.807, 2.05) is 41.8 Å². The Morgan fingerprint density at radius 3 is 2.43 bits per heavy atom. The molecule has 0 fully saturated rings. The van der Waals surface area contributed by atoms with Gasteiger partial charge < -0.3 is 10.2 Å². The number of benzene rings is 2. The first-order chi connectivity index (χ1) is 11.1. The summed E-state index contributed by atoms with van der Waals surface area (Å²) >= 11 is 1.53. The molecular weight excluding hydrogens is 308 g/mol. The number of hydrogen-bond acceptors (Lipinski definition) is 4. The molecule has 0 unspecified atom stereocenters. The van der Waals surface area contributed by atoms with Gasteiger partial charge in [-0.05, 0) is 40.8 Å². The second-order valence-corrected chi connectivity index (χ2v) is 6.26. The molecule has 2 N–H and O–H groups in total. The number of aromatic hydroxyl groups is 2. The maximum absolute atomic E-state index is 12.6. The molecule has 1 heterocycles. The summed E-state index contributed by atoms with van der Waals surface area (Å²) in [7, 11) is 0. The molecule has 23 heavy (non-hydrogen) atoms. The topological polar surface area (TPSA) is 57.5 Å². The highest BCUT2D eigenvalue weighted by Gasteiger charge is 2.27. The van der Waals surface area contributed by atoms with Crippen molar-refractivity contribution in [1.82, 2.24) is 0 Å². The fraction of sp³-hybridized carbons (Fsp3) is 0. The number of carbonyl (C=O) groups excluding carboxylic acids is 1. The van der Waals surface area contributed by atoms with E-state index in [9.17, 15) is 15.0 Å². The molecule has 0 amide bonds. The Bertz CT molecular complexity index is 966. The third kappa shape index (κ3) is 2.15. The zero-order valence-corrected chi connectivity index (χ0v) is 12.8. The third-order valence-electron chi connectivity index (χ3n) is 3.93. The maximum Gasteiger partial charge on any atom is 0.195 e. The zero-order valence-electron chi connectivity index (χ0n) is 12.0. The quantitative estimate of drug-likeness (QED) is 0.514. The van der Waals surface area contributed by atoms with Gasteiger partial charge in [0.2, 0.25) is 0 Å². The lowest BCUT2D eigenvalue weighted by atomic mass is 9.85. The number of ketones is 1. The summed E-state index contributed by atoms with van der Waals surface area (Å²) in [5.74, 6) is -0.267. The highest BCUT2D eigenvalue weighted by atomic mass is 32.1. The van der Waals surface area contributed by atoms with Gasteiger partial charge in [0.05, 0.1) is 0 Å². The first kappa shape index (κ1) is 13.8. The fourth-order valence-corrected chi connectivity index (χ4v) is 3.74. The fourth-order valence-electron chi connectivity index (χ4n) is 2.82. The van der Waals surface area contributed by atoms with E-state index in [0.717, 1.165) is 21.6 Å². The largest absolute Gasteiger partial charge is 0.504 e. The van der Waals surface area contributed by atoms with Crippen LogP contribution in [0.25, 0.3) is 11.6 Å². The van der Waals surface area contributed by atoms with Crippen molar-refractivity contribution in [2.75, 3.05) is 0 Å². The predicted molar refractivity (Wildman–Crippen MR) is 90.9 cm³/mol. The molecule has 1 aromatic heterocycles. The minimum atomic E-state index is -0.161. The molecule has 1 aliphatic carbocycles. The lowest BCUT2D eigenvalue weighted by Crippen LogP contribution is -2.11. The monoisotopic (exact) mass is 320 g/mol. The van der Waals surface area contributed by atoms with Gasteiger partial charge >= 0.3 is 0 Å². The van der Waals surface area contributed by atoms with Gasteiger partial charge in [0.15, 0.2) is 17.3 Å². The smallest absolute Gasteiger partial charge is 0.195 e. The Hall–Kier alpha value is -2.85. The van der Waals surface area contributed by atoms with Crippen LogP contribution in [0, 0.1) is 0 Å². The number of hydrogen-bond donors (Lipinski definition) is 2. The van der Waals surface area contributed by atoms with Crippen LogP contribution in [0.1, 0.15) is 31.9 Å². The lowest BCUT2D eigenvalue weighted by Gasteiger charge is -2.18. The normalized spacial score (nSPS) is 14.6. The van der Waals surface area contributed by atoms with E-state index in [1.54, 1.807) is 6.07 Å². The highest BCUT2D eigenvalue weighted by molar-refractivity contribution is 7.11. The van der Waals surface area contributed by atoms with E-state index >= 15 is 0 Å². The van der Waals surface area contributed by atoms with Gasteiger partial charge in [-0.25, -0.2) is 0 Å². The Balaban J connectivity index is 1.96. The van der Waals surface area contributed by atoms with Crippen LogP contribution in [0.5, 0.6) is 11.5 Å². The van der Waals surface area contributed by atoms with Gasteiger partial charge in [0, 0.05) is 21.6 Å². The van der Waals surface area contributed by atoms with Crippen molar-refractivity contribution in [1.29, 1.82) is 0 Å². The van der Waals surface area contributed by atoms with Crippen LogP contribution in [0.15, 0.2) is 53.9 Å². The molecule has 0 saturated heterocycles. The first-order valence-electron chi connectivity index (χ1n) is 7.11. The standard InChI is InChI=1S/C19H12O3S/c20-16-6-5-11(10-17(16)21)9-15-12-3-1-2-4-13(12)18(22)14-7-8-23-19(14)15/h1-10,20-21H/b15-9-. The van der Waals surface area contributed by atoms with Gasteiger partial charge in [-0.1, -0.05) is 30.3 Å². The van der Waals surface area contributed by atoms with Crippen molar-refractivity contribution < 1.29 is 15.0 Å². The summed E-state index contributed by atoms with van der Waals surface area (Å²) in [6.45, 7) is 0. The second-order valence-electron chi connectivity index (χ2n) is 5.34. The van der Waals surface area contributed by atoms with Crippen molar-refractivity contribution in [2.45, 2.75) is 0 Å². The lowest BCUT2D eigenvalue weighted by molar-refractivity contribution is 0.103. The molecule has 112 valence electrons. The minimum Gasteiger partial charge on any atom is -0.504 e. The molecule has 3 nitrogen and oxygen atoms in total. The number of rotatable bonds is 1. The van der Waals surface area contributed by atoms with Crippen LogP contribution in [0.4, 0.5) is 0 Å². The summed E-state index contributed by atoms with van der Waals surface area (Å²) in [6.07, 6.45) is 1.93. The summed E-state index contributed by atoms with van der Waals surface area (Å²) in [5, 5.41) is 21.1. The number of phenols is 2. The van der Waals surface area contributed by atoms with Crippen LogP contribution in [-0.2, 0) is 0 Å². The summed E-state index contributed by atoms with van der Waals surface area (Å²) in [6, 6.07) is 14.1. The molecule has 4 heteroatoms. The van der Waals surface area contributed by atoms with Crippen LogP contribution in [-0.4, -0.2) is 16.0 Å². The average Bonchev–Trinajstić information content (AvgIpc) is 3.04. The number of thiophene rings is 1. The summed E-state index contributed by atoms with van der Waals surface area (Å²) < 4.78 is 0. The van der Waals surface area contributed by atoms with Crippen molar-refractivity contribution in [3.8, 4) is 11.5 Å². The molecule has 0 bridgehead atoms. The molecular formula is C19H12O3S. The van der Waals surface area contributed by atoms with Gasteiger partial charge in [-0.15, -0.1) is 11.3 Å². The van der Waals surface area contributed by atoms with Crippen LogP contribution < -0.4 is 0 Å². The molecule has 3 aromatic rings. The third-order valence-corrected chi connectivity index (χ3v) is 4.87. The average molecular weight is 320 g/mol. The Morgan fingerprint density at radius 1 is 0.870 bits per heavy atom. The van der Waals surface area contributed by atoms with Crippen LogP contribution in [0.2, 0.25) is 0 Å². The molecule has 2 aromatic carbocycles. The predicted octanol–water partition coefficient (Wildman–Crippen LogP) is 4.29. The van der Waals surface area contributed by atoms with E-state index in [0.29, 0.717) is 11.1 Å². The molecule has 0 spiro atoms.